The second-order valence-corrected chi connectivity index (χ2v) is 7.94. The van der Waals surface area contributed by atoms with Gasteiger partial charge in [0.25, 0.3) is 11.8 Å². The minimum Gasteiger partial charge on any atom is -0.349 e. The predicted octanol–water partition coefficient (Wildman–Crippen LogP) is 5.35. The molecule has 0 bridgehead atoms. The molecule has 4 rings (SSSR count). The molecule has 0 aliphatic heterocycles. The fourth-order valence-corrected chi connectivity index (χ4v) is 4.53. The summed E-state index contributed by atoms with van der Waals surface area (Å²) >= 11 is 13.9. The Morgan fingerprint density at radius 2 is 1.77 bits per heavy atom. The first-order valence-corrected chi connectivity index (χ1v) is 9.69. The molecule has 26 heavy (non-hydrogen) atoms. The largest absolute Gasteiger partial charge is 0.349 e. The summed E-state index contributed by atoms with van der Waals surface area (Å²) in [6.45, 7) is 0. The number of anilines is 1. The van der Waals surface area contributed by atoms with E-state index in [1.54, 1.807) is 30.3 Å². The molecule has 7 heteroatoms. The number of halogens is 2. The van der Waals surface area contributed by atoms with Crippen LogP contribution in [0.15, 0.2) is 42.5 Å². The summed E-state index contributed by atoms with van der Waals surface area (Å²) in [7, 11) is 0. The van der Waals surface area contributed by atoms with Crippen LogP contribution in [0.5, 0.6) is 0 Å². The topological polar surface area (TPSA) is 58.2 Å². The fraction of sp³-hybridized carbons (Fsp3) is 0.158. The SMILES string of the molecule is O=C(NC1CC1)c1ccccc1NC(=O)c1sc2cccc(Cl)c2c1Cl. The molecular formula is C19H14Cl2N2O2S. The third-order valence-corrected chi connectivity index (χ3v) is 6.10. The second kappa shape index (κ2) is 6.91. The molecule has 0 unspecified atom stereocenters. The van der Waals surface area contributed by atoms with Gasteiger partial charge in [0, 0.05) is 16.1 Å². The molecule has 3 aromatic rings. The highest BCUT2D eigenvalue weighted by molar-refractivity contribution is 7.21. The number of para-hydroxylation sites is 1. The van der Waals surface area contributed by atoms with Crippen LogP contribution in [0.4, 0.5) is 5.69 Å². The van der Waals surface area contributed by atoms with Crippen LogP contribution in [0.2, 0.25) is 10.0 Å². The summed E-state index contributed by atoms with van der Waals surface area (Å²) < 4.78 is 0.840. The van der Waals surface area contributed by atoms with Crippen molar-refractivity contribution in [3.05, 3.63) is 63.0 Å². The van der Waals surface area contributed by atoms with E-state index >= 15 is 0 Å². The molecule has 2 amide bonds. The van der Waals surface area contributed by atoms with Gasteiger partial charge in [0.2, 0.25) is 0 Å². The lowest BCUT2D eigenvalue weighted by atomic mass is 10.1. The molecule has 1 aromatic heterocycles. The molecule has 1 heterocycles. The third kappa shape index (κ3) is 3.30. The first kappa shape index (κ1) is 17.3. The summed E-state index contributed by atoms with van der Waals surface area (Å²) in [5, 5.41) is 7.24. The first-order chi connectivity index (χ1) is 12.5. The average molecular weight is 405 g/mol. The van der Waals surface area contributed by atoms with E-state index in [2.05, 4.69) is 10.6 Å². The molecule has 1 saturated carbocycles. The maximum Gasteiger partial charge on any atom is 0.267 e. The number of fused-ring (bicyclic) bond motifs is 1. The van der Waals surface area contributed by atoms with Crippen LogP contribution >= 0.6 is 34.5 Å². The van der Waals surface area contributed by atoms with Crippen LogP contribution in [0.1, 0.15) is 32.9 Å². The minimum atomic E-state index is -0.362. The second-order valence-electron chi connectivity index (χ2n) is 6.11. The van der Waals surface area contributed by atoms with Crippen molar-refractivity contribution < 1.29 is 9.59 Å². The van der Waals surface area contributed by atoms with E-state index < -0.39 is 0 Å². The molecule has 2 aromatic carbocycles. The Hall–Kier alpha value is -2.08. The molecule has 132 valence electrons. The van der Waals surface area contributed by atoms with Gasteiger partial charge in [-0.3, -0.25) is 9.59 Å². The van der Waals surface area contributed by atoms with Crippen LogP contribution in [0.3, 0.4) is 0 Å². The monoisotopic (exact) mass is 404 g/mol. The van der Waals surface area contributed by atoms with Gasteiger partial charge >= 0.3 is 0 Å². The fourth-order valence-electron chi connectivity index (χ4n) is 2.68. The molecular weight excluding hydrogens is 391 g/mol. The molecule has 2 N–H and O–H groups in total. The smallest absolute Gasteiger partial charge is 0.267 e. The van der Waals surface area contributed by atoms with Gasteiger partial charge < -0.3 is 10.6 Å². The lowest BCUT2D eigenvalue weighted by Crippen LogP contribution is -2.26. The van der Waals surface area contributed by atoms with Gasteiger partial charge in [-0.15, -0.1) is 11.3 Å². The van der Waals surface area contributed by atoms with Gasteiger partial charge in [-0.05, 0) is 37.1 Å². The molecule has 0 radical (unpaired) electrons. The summed E-state index contributed by atoms with van der Waals surface area (Å²) in [4.78, 5) is 25.5. The first-order valence-electron chi connectivity index (χ1n) is 8.12. The minimum absolute atomic E-state index is 0.186. The number of nitrogens with one attached hydrogen (secondary N) is 2. The van der Waals surface area contributed by atoms with Crippen molar-refractivity contribution in [2.24, 2.45) is 0 Å². The number of hydrogen-bond acceptors (Lipinski definition) is 3. The molecule has 0 atom stereocenters. The van der Waals surface area contributed by atoms with Crippen molar-refractivity contribution in [2.45, 2.75) is 18.9 Å². The van der Waals surface area contributed by atoms with Crippen molar-refractivity contribution in [3.63, 3.8) is 0 Å². The van der Waals surface area contributed by atoms with E-state index in [-0.39, 0.29) is 17.9 Å². The molecule has 0 spiro atoms. The Kier molecular flexibility index (Phi) is 4.61. The van der Waals surface area contributed by atoms with Crippen molar-refractivity contribution in [2.75, 3.05) is 5.32 Å². The van der Waals surface area contributed by atoms with Gasteiger partial charge in [-0.1, -0.05) is 41.4 Å². The van der Waals surface area contributed by atoms with E-state index in [0.29, 0.717) is 31.6 Å². The maximum atomic E-state index is 12.8. The summed E-state index contributed by atoms with van der Waals surface area (Å²) in [6, 6.07) is 12.6. The third-order valence-electron chi connectivity index (χ3n) is 4.14. The standard InChI is InChI=1S/C19H14Cl2N2O2S/c20-12-5-3-7-14-15(12)16(21)17(26-14)19(25)23-13-6-2-1-4-11(13)18(24)22-10-8-9-10/h1-7,10H,8-9H2,(H,22,24)(H,23,25). The summed E-state index contributed by atoms with van der Waals surface area (Å²) in [6.07, 6.45) is 2.00. The maximum absolute atomic E-state index is 12.8. The van der Waals surface area contributed by atoms with Crippen molar-refractivity contribution >= 4 is 62.1 Å². The van der Waals surface area contributed by atoms with E-state index in [0.717, 1.165) is 17.5 Å². The Morgan fingerprint density at radius 3 is 2.50 bits per heavy atom. The zero-order valence-electron chi connectivity index (χ0n) is 13.5. The van der Waals surface area contributed by atoms with Gasteiger partial charge in [-0.25, -0.2) is 0 Å². The van der Waals surface area contributed by atoms with E-state index in [1.807, 2.05) is 12.1 Å². The molecule has 1 aliphatic carbocycles. The number of hydrogen-bond donors (Lipinski definition) is 2. The van der Waals surface area contributed by atoms with Crippen molar-refractivity contribution in [1.82, 2.24) is 5.32 Å². The molecule has 4 nitrogen and oxygen atoms in total. The van der Waals surface area contributed by atoms with Crippen LogP contribution < -0.4 is 10.6 Å². The van der Waals surface area contributed by atoms with Crippen LogP contribution in [0.25, 0.3) is 10.1 Å². The molecule has 0 saturated heterocycles. The van der Waals surface area contributed by atoms with Crippen molar-refractivity contribution in [3.8, 4) is 0 Å². The number of carbonyl (C=O) groups excluding carboxylic acids is 2. The van der Waals surface area contributed by atoms with E-state index in [9.17, 15) is 9.59 Å². The number of thiophene rings is 1. The molecule has 1 aliphatic rings. The number of carbonyl (C=O) groups is 2. The van der Waals surface area contributed by atoms with Gasteiger partial charge in [0.05, 0.1) is 21.3 Å². The Bertz CT molecular complexity index is 1030. The lowest BCUT2D eigenvalue weighted by Gasteiger charge is -2.10. The number of benzene rings is 2. The van der Waals surface area contributed by atoms with Crippen LogP contribution in [0, 0.1) is 0 Å². The summed E-state index contributed by atoms with van der Waals surface area (Å²) in [5.41, 5.74) is 0.887. The zero-order chi connectivity index (χ0) is 18.3. The van der Waals surface area contributed by atoms with Crippen molar-refractivity contribution in [1.29, 1.82) is 0 Å². The average Bonchev–Trinajstić information content (AvgIpc) is 3.36. The van der Waals surface area contributed by atoms with Gasteiger partial charge in [0.1, 0.15) is 4.88 Å². The zero-order valence-corrected chi connectivity index (χ0v) is 15.8. The number of amides is 2. The van der Waals surface area contributed by atoms with E-state index in [4.69, 9.17) is 23.2 Å². The highest BCUT2D eigenvalue weighted by Crippen LogP contribution is 2.39. The highest BCUT2D eigenvalue weighted by Gasteiger charge is 2.25. The summed E-state index contributed by atoms with van der Waals surface area (Å²) in [5.74, 6) is -0.548. The quantitative estimate of drug-likeness (QED) is 0.615. The lowest BCUT2D eigenvalue weighted by molar-refractivity contribution is 0.0952. The van der Waals surface area contributed by atoms with E-state index in [1.165, 1.54) is 11.3 Å². The Morgan fingerprint density at radius 1 is 1.00 bits per heavy atom. The van der Waals surface area contributed by atoms with Crippen LogP contribution in [-0.2, 0) is 0 Å². The highest BCUT2D eigenvalue weighted by atomic mass is 35.5. The Labute approximate surface area is 164 Å². The molecule has 1 fully saturated rings. The predicted molar refractivity (Wildman–Crippen MR) is 107 cm³/mol. The van der Waals surface area contributed by atoms with Gasteiger partial charge in [0.15, 0.2) is 0 Å². The normalized spacial score (nSPS) is 13.6. The van der Waals surface area contributed by atoms with Crippen LogP contribution in [-0.4, -0.2) is 17.9 Å². The number of rotatable bonds is 4. The Balaban J connectivity index is 1.64. The van der Waals surface area contributed by atoms with Gasteiger partial charge in [-0.2, -0.15) is 0 Å².